The van der Waals surface area contributed by atoms with Crippen molar-refractivity contribution in [1.82, 2.24) is 5.32 Å². The molecule has 0 radical (unpaired) electrons. The van der Waals surface area contributed by atoms with Crippen LogP contribution in [0.5, 0.6) is 0 Å². The summed E-state index contributed by atoms with van der Waals surface area (Å²) in [6.07, 6.45) is -0.401. The molecule has 1 aliphatic heterocycles. The van der Waals surface area contributed by atoms with Crippen LogP contribution in [0.25, 0.3) is 0 Å². The van der Waals surface area contributed by atoms with Crippen molar-refractivity contribution in [3.05, 3.63) is 81.3 Å². The minimum Gasteiger partial charge on any atom is -0.459 e. The number of nitrogens with zero attached hydrogens (tertiary/aromatic N) is 1. The number of nitrogens with one attached hydrogen (secondary N) is 1. The Labute approximate surface area is 171 Å². The van der Waals surface area contributed by atoms with Crippen molar-refractivity contribution in [2.75, 3.05) is 0 Å². The predicted molar refractivity (Wildman–Crippen MR) is 104 cm³/mol. The number of esters is 1. The molecule has 1 unspecified atom stereocenters. The van der Waals surface area contributed by atoms with Gasteiger partial charge in [0.05, 0.1) is 17.2 Å². The molecule has 0 amide bonds. The van der Waals surface area contributed by atoms with Crippen molar-refractivity contribution in [2.45, 2.75) is 32.9 Å². The van der Waals surface area contributed by atoms with Gasteiger partial charge in [0, 0.05) is 16.3 Å². The fourth-order valence-electron chi connectivity index (χ4n) is 3.02. The van der Waals surface area contributed by atoms with Gasteiger partial charge in [-0.2, -0.15) is 0 Å². The fraction of sp³-hybridized carbons (Fsp3) is 0.238. The number of halogens is 4. The maximum absolute atomic E-state index is 14.3. The highest BCUT2D eigenvalue weighted by Gasteiger charge is 2.33. The first-order valence-corrected chi connectivity index (χ1v) is 9.22. The Hall–Kier alpha value is -2.80. The molecule has 0 fully saturated rings. The lowest BCUT2D eigenvalue weighted by atomic mass is 9.95. The van der Waals surface area contributed by atoms with Crippen LogP contribution in [-0.2, 0) is 9.53 Å². The molecule has 1 aliphatic rings. The van der Waals surface area contributed by atoms with Crippen LogP contribution in [-0.4, -0.2) is 17.9 Å². The van der Waals surface area contributed by atoms with Crippen LogP contribution in [0.4, 0.5) is 13.2 Å². The molecule has 0 aromatic heterocycles. The third-order valence-electron chi connectivity index (χ3n) is 4.26. The number of aliphatic imine (C=N–C) groups is 1. The van der Waals surface area contributed by atoms with Crippen molar-refractivity contribution in [1.29, 1.82) is 0 Å². The number of carbonyl (C=O) groups excluding carboxylic acids is 1. The molecule has 4 nitrogen and oxygen atoms in total. The summed E-state index contributed by atoms with van der Waals surface area (Å²) in [6.45, 7) is 4.94. The topological polar surface area (TPSA) is 50.7 Å². The van der Waals surface area contributed by atoms with Crippen molar-refractivity contribution in [3.63, 3.8) is 0 Å². The van der Waals surface area contributed by atoms with E-state index in [1.54, 1.807) is 20.8 Å². The van der Waals surface area contributed by atoms with Gasteiger partial charge in [-0.1, -0.05) is 23.7 Å². The molecule has 0 saturated heterocycles. The minimum atomic E-state index is -1.04. The maximum Gasteiger partial charge on any atom is 0.338 e. The van der Waals surface area contributed by atoms with E-state index in [4.69, 9.17) is 16.3 Å². The molecule has 29 heavy (non-hydrogen) atoms. The average Bonchev–Trinajstić information content (AvgIpc) is 2.60. The molecule has 1 atom stereocenters. The van der Waals surface area contributed by atoms with E-state index in [9.17, 15) is 18.0 Å². The van der Waals surface area contributed by atoms with E-state index in [1.165, 1.54) is 18.2 Å². The molecule has 152 valence electrons. The van der Waals surface area contributed by atoms with Gasteiger partial charge in [0.2, 0.25) is 0 Å². The van der Waals surface area contributed by atoms with Gasteiger partial charge in [0.25, 0.3) is 0 Å². The number of hydrogen-bond acceptors (Lipinski definition) is 4. The summed E-state index contributed by atoms with van der Waals surface area (Å²) in [5.41, 5.74) is 0.353. The first-order chi connectivity index (χ1) is 13.7. The Balaban J connectivity index is 2.18. The second-order valence-electron chi connectivity index (χ2n) is 6.76. The molecule has 0 spiro atoms. The molecule has 0 bridgehead atoms. The van der Waals surface area contributed by atoms with Crippen LogP contribution in [0.2, 0.25) is 5.02 Å². The molecule has 1 N–H and O–H groups in total. The van der Waals surface area contributed by atoms with Gasteiger partial charge in [0.1, 0.15) is 29.3 Å². The van der Waals surface area contributed by atoms with Crippen LogP contribution < -0.4 is 5.32 Å². The lowest BCUT2D eigenvalue weighted by molar-refractivity contribution is -0.143. The fourth-order valence-corrected chi connectivity index (χ4v) is 3.29. The van der Waals surface area contributed by atoms with E-state index >= 15 is 0 Å². The van der Waals surface area contributed by atoms with Crippen LogP contribution in [0.1, 0.15) is 37.9 Å². The summed E-state index contributed by atoms with van der Waals surface area (Å²) in [7, 11) is 0. The number of rotatable bonds is 4. The third kappa shape index (κ3) is 4.29. The Morgan fingerprint density at radius 2 is 1.83 bits per heavy atom. The highest BCUT2D eigenvalue weighted by molar-refractivity contribution is 6.31. The molecule has 2 aromatic rings. The number of allylic oxidation sites excluding steroid dienone is 1. The van der Waals surface area contributed by atoms with Crippen LogP contribution in [0, 0.1) is 17.5 Å². The van der Waals surface area contributed by atoms with E-state index in [-0.39, 0.29) is 22.0 Å². The number of ether oxygens (including phenoxy) is 1. The van der Waals surface area contributed by atoms with E-state index in [0.717, 1.165) is 18.2 Å². The Bertz CT molecular complexity index is 1010. The van der Waals surface area contributed by atoms with Gasteiger partial charge in [-0.25, -0.2) is 18.0 Å². The average molecular weight is 423 g/mol. The zero-order chi connectivity index (χ0) is 21.3. The molecular weight excluding hydrogens is 405 g/mol. The zero-order valence-corrected chi connectivity index (χ0v) is 16.7. The summed E-state index contributed by atoms with van der Waals surface area (Å²) in [5.74, 6) is -2.97. The first kappa shape index (κ1) is 20.9. The smallest absolute Gasteiger partial charge is 0.338 e. The molecule has 8 heteroatoms. The highest BCUT2D eigenvalue weighted by Crippen LogP contribution is 2.36. The Kier molecular flexibility index (Phi) is 5.98. The summed E-state index contributed by atoms with van der Waals surface area (Å²) < 4.78 is 47.4. The zero-order valence-electron chi connectivity index (χ0n) is 15.9. The van der Waals surface area contributed by atoms with E-state index in [1.807, 2.05) is 0 Å². The normalized spacial score (nSPS) is 16.6. The van der Waals surface area contributed by atoms with Gasteiger partial charge in [-0.05, 0) is 45.0 Å². The van der Waals surface area contributed by atoms with Gasteiger partial charge in [0.15, 0.2) is 0 Å². The molecule has 3 rings (SSSR count). The lowest BCUT2D eigenvalue weighted by Gasteiger charge is -2.27. The Morgan fingerprint density at radius 1 is 1.17 bits per heavy atom. The second-order valence-corrected chi connectivity index (χ2v) is 7.17. The standard InChI is InChI=1S/C21H18ClF3N2O2/c1-10(2)29-21(28)17-11(3)26-20(18-15(24)5-4-6-16(18)25)27-19(17)13-8-7-12(23)9-14(13)22/h4-10,19H,1-3H3,(H,26,27). The predicted octanol–water partition coefficient (Wildman–Crippen LogP) is 5.07. The van der Waals surface area contributed by atoms with Crippen molar-refractivity contribution < 1.29 is 22.7 Å². The SMILES string of the molecule is CC1=C(C(=O)OC(C)C)C(c2ccc(F)cc2Cl)N=C(c2c(F)cccc2F)N1. The van der Waals surface area contributed by atoms with E-state index in [0.29, 0.717) is 11.3 Å². The quantitative estimate of drug-likeness (QED) is 0.699. The van der Waals surface area contributed by atoms with Gasteiger partial charge in [-0.3, -0.25) is 4.99 Å². The van der Waals surface area contributed by atoms with Gasteiger partial charge in [-0.15, -0.1) is 0 Å². The number of benzene rings is 2. The van der Waals surface area contributed by atoms with Crippen LogP contribution in [0.15, 0.2) is 52.7 Å². The summed E-state index contributed by atoms with van der Waals surface area (Å²) >= 11 is 6.19. The Morgan fingerprint density at radius 3 is 2.41 bits per heavy atom. The summed E-state index contributed by atoms with van der Waals surface area (Å²) in [5, 5.41) is 2.81. The van der Waals surface area contributed by atoms with Gasteiger partial charge >= 0.3 is 5.97 Å². The number of hydrogen-bond donors (Lipinski definition) is 1. The summed E-state index contributed by atoms with van der Waals surface area (Å²) in [4.78, 5) is 17.1. The summed E-state index contributed by atoms with van der Waals surface area (Å²) in [6, 6.07) is 6.03. The van der Waals surface area contributed by atoms with Crippen molar-refractivity contribution in [2.24, 2.45) is 4.99 Å². The van der Waals surface area contributed by atoms with Crippen LogP contribution in [0.3, 0.4) is 0 Å². The first-order valence-electron chi connectivity index (χ1n) is 8.85. The maximum atomic E-state index is 14.3. The molecule has 1 heterocycles. The van der Waals surface area contributed by atoms with Gasteiger partial charge < -0.3 is 10.1 Å². The number of amidine groups is 1. The molecule has 2 aromatic carbocycles. The molecule has 0 saturated carbocycles. The largest absolute Gasteiger partial charge is 0.459 e. The van der Waals surface area contributed by atoms with Crippen molar-refractivity contribution in [3.8, 4) is 0 Å². The van der Waals surface area contributed by atoms with Crippen molar-refractivity contribution >= 4 is 23.4 Å². The van der Waals surface area contributed by atoms with E-state index in [2.05, 4.69) is 10.3 Å². The van der Waals surface area contributed by atoms with E-state index < -0.39 is 35.6 Å². The molecule has 0 aliphatic carbocycles. The molecular formula is C21H18ClF3N2O2. The monoisotopic (exact) mass is 422 g/mol. The highest BCUT2D eigenvalue weighted by atomic mass is 35.5. The number of carbonyl (C=O) groups is 1. The minimum absolute atomic E-state index is 0.0247. The third-order valence-corrected chi connectivity index (χ3v) is 4.59. The van der Waals surface area contributed by atoms with Crippen LogP contribution >= 0.6 is 11.6 Å². The lowest BCUT2D eigenvalue weighted by Crippen LogP contribution is -2.34. The second kappa shape index (κ2) is 8.29.